The van der Waals surface area contributed by atoms with Gasteiger partial charge in [0.1, 0.15) is 5.41 Å². The van der Waals surface area contributed by atoms with Gasteiger partial charge in [0.2, 0.25) is 5.91 Å². The molecule has 0 aromatic rings. The molecule has 0 aromatic heterocycles. The van der Waals surface area contributed by atoms with Crippen molar-refractivity contribution in [1.82, 2.24) is 10.2 Å². The van der Waals surface area contributed by atoms with Crippen LogP contribution in [-0.4, -0.2) is 37.0 Å². The Morgan fingerprint density at radius 3 is 2.74 bits per heavy atom. The van der Waals surface area contributed by atoms with E-state index in [1.807, 2.05) is 0 Å². The fourth-order valence-corrected chi connectivity index (χ4v) is 3.44. The highest BCUT2D eigenvalue weighted by Crippen LogP contribution is 2.44. The zero-order valence-electron chi connectivity index (χ0n) is 12.1. The van der Waals surface area contributed by atoms with Gasteiger partial charge >= 0.3 is 0 Å². The Hall–Kier alpha value is -1.08. The van der Waals surface area contributed by atoms with E-state index in [0.717, 1.165) is 38.4 Å². The molecule has 1 saturated heterocycles. The molecular weight excluding hydrogens is 238 g/mol. The van der Waals surface area contributed by atoms with Gasteiger partial charge < -0.3 is 10.2 Å². The number of hydrogen-bond donors (Lipinski definition) is 1. The van der Waals surface area contributed by atoms with E-state index in [1.165, 1.54) is 12.8 Å². The first-order chi connectivity index (χ1) is 9.05. The molecule has 1 amide bonds. The zero-order valence-corrected chi connectivity index (χ0v) is 12.1. The molecule has 19 heavy (non-hydrogen) atoms. The van der Waals surface area contributed by atoms with Crippen LogP contribution in [0.5, 0.6) is 0 Å². The standard InChI is InChI=1S/C15H25N3O/c1-12-4-3-6-18(10-12)7-5-17-14(19)15(11-16)8-13(2)9-15/h12-13H,3-10H2,1-2H3,(H,17,19)/t12-,13?,15?/m0/s1. The van der Waals surface area contributed by atoms with Crippen LogP contribution in [0.1, 0.15) is 39.5 Å². The van der Waals surface area contributed by atoms with Crippen molar-refractivity contribution in [2.45, 2.75) is 39.5 Å². The number of carbonyl (C=O) groups is 1. The Morgan fingerprint density at radius 2 is 2.16 bits per heavy atom. The monoisotopic (exact) mass is 263 g/mol. The molecule has 106 valence electrons. The predicted octanol–water partition coefficient (Wildman–Crippen LogP) is 1.77. The van der Waals surface area contributed by atoms with Crippen molar-refractivity contribution in [1.29, 1.82) is 5.26 Å². The molecule has 1 aliphatic heterocycles. The van der Waals surface area contributed by atoms with Gasteiger partial charge in [-0.05, 0) is 44.1 Å². The number of hydrogen-bond acceptors (Lipinski definition) is 3. The van der Waals surface area contributed by atoms with Crippen LogP contribution in [0.2, 0.25) is 0 Å². The van der Waals surface area contributed by atoms with Crippen LogP contribution in [0.15, 0.2) is 0 Å². The third kappa shape index (κ3) is 3.27. The Bertz CT molecular complexity index is 368. The van der Waals surface area contributed by atoms with Crippen LogP contribution in [0.4, 0.5) is 0 Å². The summed E-state index contributed by atoms with van der Waals surface area (Å²) in [6, 6.07) is 2.21. The maximum absolute atomic E-state index is 12.1. The van der Waals surface area contributed by atoms with Crippen molar-refractivity contribution in [3.8, 4) is 6.07 Å². The van der Waals surface area contributed by atoms with Gasteiger partial charge in [-0.15, -0.1) is 0 Å². The minimum absolute atomic E-state index is 0.0573. The van der Waals surface area contributed by atoms with E-state index in [2.05, 4.69) is 30.1 Å². The molecule has 1 aliphatic carbocycles. The van der Waals surface area contributed by atoms with E-state index in [4.69, 9.17) is 0 Å². The summed E-state index contributed by atoms with van der Waals surface area (Å²) in [5.41, 5.74) is -0.728. The summed E-state index contributed by atoms with van der Waals surface area (Å²) in [6.07, 6.45) is 4.01. The second-order valence-corrected chi connectivity index (χ2v) is 6.51. The van der Waals surface area contributed by atoms with Gasteiger partial charge in [0.15, 0.2) is 0 Å². The van der Waals surface area contributed by atoms with E-state index in [9.17, 15) is 10.1 Å². The summed E-state index contributed by atoms with van der Waals surface area (Å²) in [6.45, 7) is 8.23. The van der Waals surface area contributed by atoms with E-state index < -0.39 is 5.41 Å². The highest BCUT2D eigenvalue weighted by molar-refractivity contribution is 5.86. The smallest absolute Gasteiger partial charge is 0.240 e. The number of nitriles is 1. The van der Waals surface area contributed by atoms with Gasteiger partial charge in [0.25, 0.3) is 0 Å². The first kappa shape index (κ1) is 14.3. The van der Waals surface area contributed by atoms with Gasteiger partial charge in [0.05, 0.1) is 6.07 Å². The average molecular weight is 263 g/mol. The number of nitrogens with one attached hydrogen (secondary N) is 1. The van der Waals surface area contributed by atoms with Gasteiger partial charge in [-0.25, -0.2) is 0 Å². The van der Waals surface area contributed by atoms with Crippen molar-refractivity contribution in [2.24, 2.45) is 17.3 Å². The second-order valence-electron chi connectivity index (χ2n) is 6.51. The van der Waals surface area contributed by atoms with Crippen LogP contribution in [0.25, 0.3) is 0 Å². The van der Waals surface area contributed by atoms with Crippen LogP contribution in [0.3, 0.4) is 0 Å². The molecule has 0 bridgehead atoms. The number of carbonyl (C=O) groups excluding carboxylic acids is 1. The molecule has 4 nitrogen and oxygen atoms in total. The topological polar surface area (TPSA) is 56.1 Å². The number of rotatable bonds is 4. The fraction of sp³-hybridized carbons (Fsp3) is 0.867. The average Bonchev–Trinajstić information content (AvgIpc) is 2.34. The van der Waals surface area contributed by atoms with E-state index >= 15 is 0 Å². The molecule has 1 heterocycles. The highest BCUT2D eigenvalue weighted by Gasteiger charge is 2.48. The van der Waals surface area contributed by atoms with Crippen molar-refractivity contribution in [2.75, 3.05) is 26.2 Å². The van der Waals surface area contributed by atoms with Crippen molar-refractivity contribution < 1.29 is 4.79 Å². The van der Waals surface area contributed by atoms with Gasteiger partial charge in [0, 0.05) is 19.6 Å². The summed E-state index contributed by atoms with van der Waals surface area (Å²) in [4.78, 5) is 14.5. The molecule has 2 fully saturated rings. The van der Waals surface area contributed by atoms with Crippen molar-refractivity contribution in [3.63, 3.8) is 0 Å². The number of piperidine rings is 1. The summed E-state index contributed by atoms with van der Waals surface area (Å²) in [7, 11) is 0. The van der Waals surface area contributed by atoms with Crippen LogP contribution in [0, 0.1) is 28.6 Å². The first-order valence-electron chi connectivity index (χ1n) is 7.47. The van der Waals surface area contributed by atoms with Crippen LogP contribution >= 0.6 is 0 Å². The third-order valence-electron chi connectivity index (χ3n) is 4.50. The predicted molar refractivity (Wildman–Crippen MR) is 74.3 cm³/mol. The molecule has 1 atom stereocenters. The lowest BCUT2D eigenvalue weighted by Gasteiger charge is -2.39. The quantitative estimate of drug-likeness (QED) is 0.841. The maximum Gasteiger partial charge on any atom is 0.240 e. The Labute approximate surface area is 116 Å². The SMILES string of the molecule is CC1CC(C#N)(C(=O)NCCN2CCC[C@H](C)C2)C1. The Kier molecular flexibility index (Phi) is 4.46. The number of nitrogens with zero attached hydrogens (tertiary/aromatic N) is 2. The molecule has 2 aliphatic rings. The fourth-order valence-electron chi connectivity index (χ4n) is 3.44. The van der Waals surface area contributed by atoms with Crippen LogP contribution in [-0.2, 0) is 4.79 Å². The molecule has 0 aromatic carbocycles. The van der Waals surface area contributed by atoms with Gasteiger partial charge in [-0.3, -0.25) is 4.79 Å². The molecule has 2 rings (SSSR count). The van der Waals surface area contributed by atoms with Crippen molar-refractivity contribution in [3.05, 3.63) is 0 Å². The van der Waals surface area contributed by atoms with Crippen LogP contribution < -0.4 is 5.32 Å². The Balaban J connectivity index is 1.71. The van der Waals surface area contributed by atoms with Gasteiger partial charge in [-0.2, -0.15) is 5.26 Å². The number of amides is 1. The van der Waals surface area contributed by atoms with Crippen molar-refractivity contribution >= 4 is 5.91 Å². The third-order valence-corrected chi connectivity index (χ3v) is 4.50. The van der Waals surface area contributed by atoms with E-state index in [0.29, 0.717) is 12.5 Å². The molecule has 1 saturated carbocycles. The minimum atomic E-state index is -0.728. The molecule has 0 radical (unpaired) electrons. The summed E-state index contributed by atoms with van der Waals surface area (Å²) in [5.74, 6) is 1.22. The molecule has 0 spiro atoms. The molecule has 1 N–H and O–H groups in total. The first-order valence-corrected chi connectivity index (χ1v) is 7.47. The normalized spacial score (nSPS) is 35.2. The Morgan fingerprint density at radius 1 is 1.42 bits per heavy atom. The second kappa shape index (κ2) is 5.92. The summed E-state index contributed by atoms with van der Waals surface area (Å²) < 4.78 is 0. The number of likely N-dealkylation sites (tertiary alicyclic amines) is 1. The zero-order chi connectivity index (χ0) is 13.9. The molecule has 0 unspecified atom stereocenters. The summed E-state index contributed by atoms with van der Waals surface area (Å²) in [5, 5.41) is 12.1. The van der Waals surface area contributed by atoms with E-state index in [-0.39, 0.29) is 5.91 Å². The molecule has 4 heteroatoms. The highest BCUT2D eigenvalue weighted by atomic mass is 16.2. The maximum atomic E-state index is 12.1. The van der Waals surface area contributed by atoms with E-state index in [1.54, 1.807) is 0 Å². The minimum Gasteiger partial charge on any atom is -0.353 e. The largest absolute Gasteiger partial charge is 0.353 e. The molecular formula is C15H25N3O. The lowest BCUT2D eigenvalue weighted by molar-refractivity contribution is -0.134. The lowest BCUT2D eigenvalue weighted by Crippen LogP contribution is -2.50. The van der Waals surface area contributed by atoms with Gasteiger partial charge in [-0.1, -0.05) is 13.8 Å². The summed E-state index contributed by atoms with van der Waals surface area (Å²) >= 11 is 0. The lowest BCUT2D eigenvalue weighted by atomic mass is 9.63.